The Labute approximate surface area is 141 Å². The van der Waals surface area contributed by atoms with Crippen LogP contribution in [0.15, 0.2) is 23.1 Å². The Balaban J connectivity index is 2.77. The van der Waals surface area contributed by atoms with Gasteiger partial charge in [0.15, 0.2) is 6.61 Å². The van der Waals surface area contributed by atoms with Gasteiger partial charge in [0.05, 0.1) is 18.6 Å². The lowest BCUT2D eigenvalue weighted by molar-refractivity contribution is -0.142. The monoisotopic (exact) mass is 358 g/mol. The first-order valence-corrected chi connectivity index (χ1v) is 8.73. The molecule has 24 heavy (non-hydrogen) atoms. The fraction of sp³-hybridized carbons (Fsp3) is 0.467. The lowest BCUT2D eigenvalue weighted by Crippen LogP contribution is -2.39. The van der Waals surface area contributed by atoms with Crippen molar-refractivity contribution in [2.75, 3.05) is 20.3 Å². The molecule has 0 fully saturated rings. The van der Waals surface area contributed by atoms with Crippen molar-refractivity contribution in [1.29, 1.82) is 0 Å². The van der Waals surface area contributed by atoms with Crippen LogP contribution in [0.5, 0.6) is 5.75 Å². The van der Waals surface area contributed by atoms with Gasteiger partial charge in [0.2, 0.25) is 15.9 Å². The highest BCUT2D eigenvalue weighted by Gasteiger charge is 2.17. The summed E-state index contributed by atoms with van der Waals surface area (Å²) in [5, 5.41) is 2.59. The van der Waals surface area contributed by atoms with Gasteiger partial charge in [-0.3, -0.25) is 4.79 Å². The lowest BCUT2D eigenvalue weighted by Gasteiger charge is -2.12. The zero-order valence-corrected chi connectivity index (χ0v) is 14.9. The standard InChI is InChI=1S/C15H22N2O6S/c1-10(2)17-14(18)8-16-24(20,21)12-5-6-13(11(3)7-12)23-9-15(19)22-4/h5-7,10,16H,8-9H2,1-4H3,(H,17,18). The second kappa shape index (κ2) is 8.65. The Kier molecular flexibility index (Phi) is 7.18. The van der Waals surface area contributed by atoms with Crippen molar-refractivity contribution in [3.05, 3.63) is 23.8 Å². The number of amides is 1. The highest BCUT2D eigenvalue weighted by molar-refractivity contribution is 7.89. The molecule has 0 atom stereocenters. The number of sulfonamides is 1. The molecule has 0 aliphatic carbocycles. The summed E-state index contributed by atoms with van der Waals surface area (Å²) in [7, 11) is -2.58. The number of carbonyl (C=O) groups excluding carboxylic acids is 2. The van der Waals surface area contributed by atoms with Crippen molar-refractivity contribution in [1.82, 2.24) is 10.0 Å². The number of esters is 1. The smallest absolute Gasteiger partial charge is 0.343 e. The number of methoxy groups -OCH3 is 1. The molecule has 134 valence electrons. The summed E-state index contributed by atoms with van der Waals surface area (Å²) in [5.74, 6) is -0.579. The van der Waals surface area contributed by atoms with E-state index in [0.717, 1.165) is 0 Å². The van der Waals surface area contributed by atoms with Crippen molar-refractivity contribution in [3.8, 4) is 5.75 Å². The molecule has 1 aromatic carbocycles. The maximum absolute atomic E-state index is 12.2. The maximum atomic E-state index is 12.2. The number of nitrogens with one attached hydrogen (secondary N) is 2. The molecule has 0 heterocycles. The number of aryl methyl sites for hydroxylation is 1. The number of carbonyl (C=O) groups is 2. The quantitative estimate of drug-likeness (QED) is 0.649. The normalized spacial score (nSPS) is 11.2. The molecule has 0 aromatic heterocycles. The zero-order valence-electron chi connectivity index (χ0n) is 14.1. The minimum atomic E-state index is -3.82. The van der Waals surface area contributed by atoms with Crippen molar-refractivity contribution in [2.24, 2.45) is 0 Å². The van der Waals surface area contributed by atoms with Gasteiger partial charge in [0.1, 0.15) is 5.75 Å². The average Bonchev–Trinajstić information content (AvgIpc) is 2.50. The predicted octanol–water partition coefficient (Wildman–Crippen LogP) is 0.350. The second-order valence-corrected chi connectivity index (χ2v) is 7.11. The molecule has 0 saturated heterocycles. The van der Waals surface area contributed by atoms with E-state index in [0.29, 0.717) is 11.3 Å². The first-order valence-electron chi connectivity index (χ1n) is 7.25. The largest absolute Gasteiger partial charge is 0.482 e. The van der Waals surface area contributed by atoms with Crippen LogP contribution in [0.1, 0.15) is 19.4 Å². The average molecular weight is 358 g/mol. The fourth-order valence-electron chi connectivity index (χ4n) is 1.76. The van der Waals surface area contributed by atoms with E-state index in [1.165, 1.54) is 25.3 Å². The van der Waals surface area contributed by atoms with Crippen molar-refractivity contribution >= 4 is 21.9 Å². The third kappa shape index (κ3) is 6.17. The van der Waals surface area contributed by atoms with Crippen LogP contribution >= 0.6 is 0 Å². The Hall–Kier alpha value is -2.13. The highest BCUT2D eigenvalue weighted by Crippen LogP contribution is 2.21. The third-order valence-corrected chi connectivity index (χ3v) is 4.30. The molecule has 0 unspecified atom stereocenters. The van der Waals surface area contributed by atoms with E-state index >= 15 is 0 Å². The molecular formula is C15H22N2O6S. The topological polar surface area (TPSA) is 111 Å². The first kappa shape index (κ1) is 19.9. The van der Waals surface area contributed by atoms with Gasteiger partial charge in [-0.15, -0.1) is 0 Å². The summed E-state index contributed by atoms with van der Waals surface area (Å²) in [6.45, 7) is 4.60. The van der Waals surface area contributed by atoms with Crippen LogP contribution in [0.2, 0.25) is 0 Å². The molecule has 0 spiro atoms. The van der Waals surface area contributed by atoms with Gasteiger partial charge >= 0.3 is 5.97 Å². The molecule has 0 saturated carbocycles. The Bertz CT molecular complexity index is 700. The van der Waals surface area contributed by atoms with Gasteiger partial charge in [-0.1, -0.05) is 0 Å². The zero-order chi connectivity index (χ0) is 18.3. The van der Waals surface area contributed by atoms with E-state index in [2.05, 4.69) is 14.8 Å². The van der Waals surface area contributed by atoms with Gasteiger partial charge in [-0.25, -0.2) is 17.9 Å². The SMILES string of the molecule is COC(=O)COc1ccc(S(=O)(=O)NCC(=O)NC(C)C)cc1C. The number of benzene rings is 1. The molecule has 1 aromatic rings. The predicted molar refractivity (Wildman–Crippen MR) is 87.2 cm³/mol. The van der Waals surface area contributed by atoms with Crippen molar-refractivity contribution in [3.63, 3.8) is 0 Å². The van der Waals surface area contributed by atoms with Crippen LogP contribution in [0, 0.1) is 6.92 Å². The van der Waals surface area contributed by atoms with Crippen molar-refractivity contribution in [2.45, 2.75) is 31.7 Å². The summed E-state index contributed by atoms with van der Waals surface area (Å²) in [6.07, 6.45) is 0. The molecular weight excluding hydrogens is 336 g/mol. The molecule has 0 bridgehead atoms. The summed E-state index contributed by atoms with van der Waals surface area (Å²) in [6, 6.07) is 4.11. The summed E-state index contributed by atoms with van der Waals surface area (Å²) in [5.41, 5.74) is 0.536. The molecule has 1 amide bonds. The van der Waals surface area contributed by atoms with Gasteiger partial charge in [0, 0.05) is 6.04 Å². The van der Waals surface area contributed by atoms with E-state index in [1.807, 2.05) is 0 Å². The second-order valence-electron chi connectivity index (χ2n) is 5.34. The van der Waals surface area contributed by atoms with Gasteiger partial charge in [-0.05, 0) is 44.5 Å². The highest BCUT2D eigenvalue weighted by atomic mass is 32.2. The molecule has 0 aliphatic heterocycles. The minimum absolute atomic E-state index is 0.00256. The Morgan fingerprint density at radius 2 is 1.92 bits per heavy atom. The lowest BCUT2D eigenvalue weighted by atomic mass is 10.2. The van der Waals surface area contributed by atoms with E-state index in [4.69, 9.17) is 4.74 Å². The van der Waals surface area contributed by atoms with Crippen LogP contribution < -0.4 is 14.8 Å². The maximum Gasteiger partial charge on any atom is 0.343 e. The van der Waals surface area contributed by atoms with E-state index in [1.54, 1.807) is 20.8 Å². The number of hydrogen-bond donors (Lipinski definition) is 2. The fourth-order valence-corrected chi connectivity index (χ4v) is 2.83. The number of ether oxygens (including phenoxy) is 2. The molecule has 0 radical (unpaired) electrons. The number of rotatable bonds is 8. The molecule has 0 aliphatic rings. The van der Waals surface area contributed by atoms with Gasteiger partial charge < -0.3 is 14.8 Å². The van der Waals surface area contributed by atoms with Crippen LogP contribution in [0.4, 0.5) is 0 Å². The molecule has 2 N–H and O–H groups in total. The van der Waals surface area contributed by atoms with Gasteiger partial charge in [-0.2, -0.15) is 0 Å². The van der Waals surface area contributed by atoms with Gasteiger partial charge in [0.25, 0.3) is 0 Å². The molecule has 8 nitrogen and oxygen atoms in total. The van der Waals surface area contributed by atoms with Crippen LogP contribution in [0.3, 0.4) is 0 Å². The van der Waals surface area contributed by atoms with Crippen LogP contribution in [-0.2, 0) is 24.3 Å². The summed E-state index contributed by atoms with van der Waals surface area (Å²) >= 11 is 0. The Morgan fingerprint density at radius 1 is 1.25 bits per heavy atom. The van der Waals surface area contributed by atoms with E-state index < -0.39 is 21.9 Å². The minimum Gasteiger partial charge on any atom is -0.482 e. The van der Waals surface area contributed by atoms with Crippen LogP contribution in [-0.4, -0.2) is 46.6 Å². The molecule has 9 heteroatoms. The van der Waals surface area contributed by atoms with E-state index in [-0.39, 0.29) is 24.1 Å². The number of hydrogen-bond acceptors (Lipinski definition) is 6. The van der Waals surface area contributed by atoms with Crippen LogP contribution in [0.25, 0.3) is 0 Å². The summed E-state index contributed by atoms with van der Waals surface area (Å²) < 4.78 is 36.3. The summed E-state index contributed by atoms with van der Waals surface area (Å²) in [4.78, 5) is 22.6. The Morgan fingerprint density at radius 3 is 2.46 bits per heavy atom. The van der Waals surface area contributed by atoms with E-state index in [9.17, 15) is 18.0 Å². The molecule has 1 rings (SSSR count). The first-order chi connectivity index (χ1) is 11.2. The van der Waals surface area contributed by atoms with Crippen molar-refractivity contribution < 1.29 is 27.5 Å². The third-order valence-electron chi connectivity index (χ3n) is 2.90.